The van der Waals surface area contributed by atoms with E-state index in [0.29, 0.717) is 34.2 Å². The Hall–Kier alpha value is -1.67. The van der Waals surface area contributed by atoms with E-state index in [9.17, 15) is 4.79 Å². The number of hydrogen-bond donors (Lipinski definition) is 0. The van der Waals surface area contributed by atoms with Crippen LogP contribution in [0.1, 0.15) is 49.5 Å². The van der Waals surface area contributed by atoms with Crippen molar-refractivity contribution < 1.29 is 19.0 Å². The van der Waals surface area contributed by atoms with Crippen molar-refractivity contribution in [3.8, 4) is 5.75 Å². The molecule has 0 saturated carbocycles. The van der Waals surface area contributed by atoms with Gasteiger partial charge in [-0.25, -0.2) is 0 Å². The van der Waals surface area contributed by atoms with E-state index in [4.69, 9.17) is 25.8 Å². The van der Waals surface area contributed by atoms with Crippen LogP contribution in [0.2, 0.25) is 5.02 Å². The van der Waals surface area contributed by atoms with Crippen LogP contribution in [0.4, 0.5) is 0 Å². The summed E-state index contributed by atoms with van der Waals surface area (Å²) in [7, 11) is 1.52. The SMILES string of the molecule is COc1ccc(Cl)cc1C(=O)/N=c1\sn(C(C)(C)C)cc1COC[C@H]1CCCO1. The van der Waals surface area contributed by atoms with Crippen LogP contribution < -0.4 is 9.41 Å². The molecule has 2 aromatic rings. The molecule has 8 heteroatoms. The number of benzene rings is 1. The topological polar surface area (TPSA) is 62.0 Å². The molecule has 1 amide bonds. The van der Waals surface area contributed by atoms with E-state index >= 15 is 0 Å². The summed E-state index contributed by atoms with van der Waals surface area (Å²) < 4.78 is 19.5. The number of halogens is 1. The lowest BCUT2D eigenvalue weighted by atomic mass is 10.1. The first-order valence-electron chi connectivity index (χ1n) is 9.62. The third kappa shape index (κ3) is 5.69. The highest BCUT2D eigenvalue weighted by Crippen LogP contribution is 2.24. The van der Waals surface area contributed by atoms with Gasteiger partial charge in [-0.05, 0) is 63.3 Å². The summed E-state index contributed by atoms with van der Waals surface area (Å²) in [5.74, 6) is 0.0484. The average Bonchev–Trinajstić information content (AvgIpc) is 3.32. The number of carbonyl (C=O) groups excluding carboxylic acids is 1. The Kier molecular flexibility index (Phi) is 7.16. The highest BCUT2D eigenvalue weighted by molar-refractivity contribution is 7.04. The molecule has 1 atom stereocenters. The molecule has 0 unspecified atom stereocenters. The normalized spacial score (nSPS) is 17.7. The first-order valence-corrected chi connectivity index (χ1v) is 10.8. The first-order chi connectivity index (χ1) is 13.8. The monoisotopic (exact) mass is 438 g/mol. The Morgan fingerprint density at radius 3 is 2.86 bits per heavy atom. The zero-order valence-corrected chi connectivity index (χ0v) is 18.8. The molecule has 1 fully saturated rings. The third-order valence-electron chi connectivity index (χ3n) is 4.57. The molecule has 3 rings (SSSR count). The van der Waals surface area contributed by atoms with Gasteiger partial charge in [-0.3, -0.25) is 8.75 Å². The van der Waals surface area contributed by atoms with E-state index in [-0.39, 0.29) is 11.6 Å². The molecule has 2 heterocycles. The van der Waals surface area contributed by atoms with E-state index in [2.05, 4.69) is 29.7 Å². The van der Waals surface area contributed by atoms with Gasteiger partial charge in [0, 0.05) is 28.9 Å². The second-order valence-corrected chi connectivity index (χ2v) is 9.36. The van der Waals surface area contributed by atoms with Crippen molar-refractivity contribution in [2.24, 2.45) is 4.99 Å². The molecule has 0 radical (unpaired) electrons. The summed E-state index contributed by atoms with van der Waals surface area (Å²) in [6.45, 7) is 8.02. The zero-order valence-electron chi connectivity index (χ0n) is 17.2. The fourth-order valence-corrected chi connectivity index (χ4v) is 4.14. The van der Waals surface area contributed by atoms with Gasteiger partial charge in [-0.15, -0.1) is 0 Å². The van der Waals surface area contributed by atoms with Crippen LogP contribution in [0.5, 0.6) is 5.75 Å². The Balaban J connectivity index is 1.88. The number of carbonyl (C=O) groups is 1. The second-order valence-electron chi connectivity index (χ2n) is 7.96. The van der Waals surface area contributed by atoms with Crippen molar-refractivity contribution >= 4 is 29.0 Å². The van der Waals surface area contributed by atoms with Gasteiger partial charge in [0.15, 0.2) is 0 Å². The molecule has 1 saturated heterocycles. The number of hydrogen-bond acceptors (Lipinski definition) is 5. The van der Waals surface area contributed by atoms with Gasteiger partial charge < -0.3 is 14.2 Å². The minimum Gasteiger partial charge on any atom is -0.496 e. The van der Waals surface area contributed by atoms with Crippen LogP contribution in [0.15, 0.2) is 29.4 Å². The predicted molar refractivity (Wildman–Crippen MR) is 114 cm³/mol. The summed E-state index contributed by atoms with van der Waals surface area (Å²) in [6, 6.07) is 4.92. The molecule has 0 aliphatic carbocycles. The lowest BCUT2D eigenvalue weighted by Gasteiger charge is -2.19. The predicted octanol–water partition coefficient (Wildman–Crippen LogP) is 4.40. The molecule has 1 aromatic carbocycles. The van der Waals surface area contributed by atoms with Crippen LogP contribution >= 0.6 is 23.1 Å². The Bertz CT molecular complexity index is 923. The second kappa shape index (κ2) is 9.43. The van der Waals surface area contributed by atoms with Gasteiger partial charge in [0.1, 0.15) is 10.4 Å². The van der Waals surface area contributed by atoms with Gasteiger partial charge in [-0.2, -0.15) is 4.99 Å². The number of rotatable bonds is 6. The minimum absolute atomic E-state index is 0.126. The van der Waals surface area contributed by atoms with Crippen molar-refractivity contribution in [2.75, 3.05) is 20.3 Å². The van der Waals surface area contributed by atoms with Gasteiger partial charge in [-0.1, -0.05) is 11.6 Å². The van der Waals surface area contributed by atoms with Crippen molar-refractivity contribution in [1.82, 2.24) is 3.96 Å². The summed E-state index contributed by atoms with van der Waals surface area (Å²) in [6.07, 6.45) is 4.26. The lowest BCUT2D eigenvalue weighted by Crippen LogP contribution is -2.18. The van der Waals surface area contributed by atoms with Gasteiger partial charge >= 0.3 is 0 Å². The molecule has 1 aliphatic rings. The number of nitrogens with zero attached hydrogens (tertiary/aromatic N) is 2. The molecular weight excluding hydrogens is 412 g/mol. The van der Waals surface area contributed by atoms with Crippen molar-refractivity contribution in [3.05, 3.63) is 45.2 Å². The molecule has 29 heavy (non-hydrogen) atoms. The Morgan fingerprint density at radius 1 is 1.41 bits per heavy atom. The molecule has 0 spiro atoms. The fraction of sp³-hybridized carbons (Fsp3) is 0.524. The summed E-state index contributed by atoms with van der Waals surface area (Å²) in [5.41, 5.74) is 1.08. The summed E-state index contributed by atoms with van der Waals surface area (Å²) in [4.78, 5) is 17.2. The molecule has 1 aromatic heterocycles. The lowest BCUT2D eigenvalue weighted by molar-refractivity contribution is 0.0103. The molecule has 0 bridgehead atoms. The maximum absolute atomic E-state index is 12.9. The van der Waals surface area contributed by atoms with Crippen molar-refractivity contribution in [2.45, 2.75) is 51.9 Å². The zero-order chi connectivity index (χ0) is 21.0. The smallest absolute Gasteiger partial charge is 0.282 e. The number of ether oxygens (including phenoxy) is 3. The first kappa shape index (κ1) is 22.0. The molecule has 6 nitrogen and oxygen atoms in total. The number of amides is 1. The average molecular weight is 439 g/mol. The summed E-state index contributed by atoms with van der Waals surface area (Å²) >= 11 is 7.50. The van der Waals surface area contributed by atoms with E-state index in [1.807, 2.05) is 6.20 Å². The quantitative estimate of drug-likeness (QED) is 0.670. The van der Waals surface area contributed by atoms with E-state index < -0.39 is 5.91 Å². The highest BCUT2D eigenvalue weighted by atomic mass is 35.5. The van der Waals surface area contributed by atoms with Crippen molar-refractivity contribution in [3.63, 3.8) is 0 Å². The Labute approximate surface area is 180 Å². The van der Waals surface area contributed by atoms with Crippen LogP contribution in [0.3, 0.4) is 0 Å². The van der Waals surface area contributed by atoms with Crippen molar-refractivity contribution in [1.29, 1.82) is 0 Å². The molecule has 0 N–H and O–H groups in total. The maximum Gasteiger partial charge on any atom is 0.282 e. The molecule has 1 aliphatic heterocycles. The standard InChI is InChI=1S/C21H27ClN2O4S/c1-21(2,3)24-11-14(12-27-13-16-6-5-9-28-16)20(29-24)23-19(25)17-10-15(22)7-8-18(17)26-4/h7-8,10-11,16H,5-6,9,12-13H2,1-4H3/b23-20-/t16-/m1/s1. The van der Waals surface area contributed by atoms with Gasteiger partial charge in [0.05, 0.1) is 32.0 Å². The fourth-order valence-electron chi connectivity index (χ4n) is 2.97. The third-order valence-corrected chi connectivity index (χ3v) is 6.19. The summed E-state index contributed by atoms with van der Waals surface area (Å²) in [5, 5.41) is 0.459. The number of aromatic nitrogens is 1. The van der Waals surface area contributed by atoms with Crippen LogP contribution in [0, 0.1) is 0 Å². The van der Waals surface area contributed by atoms with E-state index in [1.54, 1.807) is 18.2 Å². The minimum atomic E-state index is -0.396. The molecular formula is C21H27ClN2O4S. The van der Waals surface area contributed by atoms with E-state index in [1.165, 1.54) is 18.6 Å². The number of methoxy groups -OCH3 is 1. The largest absolute Gasteiger partial charge is 0.496 e. The van der Waals surface area contributed by atoms with Crippen LogP contribution in [-0.4, -0.2) is 36.3 Å². The van der Waals surface area contributed by atoms with Gasteiger partial charge in [0.2, 0.25) is 0 Å². The van der Waals surface area contributed by atoms with E-state index in [0.717, 1.165) is 25.0 Å². The van der Waals surface area contributed by atoms with Crippen LogP contribution in [0.25, 0.3) is 0 Å². The molecule has 158 valence electrons. The van der Waals surface area contributed by atoms with Gasteiger partial charge in [0.25, 0.3) is 5.91 Å². The van der Waals surface area contributed by atoms with Crippen LogP contribution in [-0.2, 0) is 21.6 Å². The highest BCUT2D eigenvalue weighted by Gasteiger charge is 2.19. The Morgan fingerprint density at radius 2 is 2.21 bits per heavy atom. The maximum atomic E-state index is 12.9.